The fourth-order valence-corrected chi connectivity index (χ4v) is 3.53. The van der Waals surface area contributed by atoms with Crippen molar-refractivity contribution in [2.24, 2.45) is 0 Å². The highest BCUT2D eigenvalue weighted by Gasteiger charge is 2.22. The zero-order valence-corrected chi connectivity index (χ0v) is 11.9. The lowest BCUT2D eigenvalue weighted by molar-refractivity contribution is -0.387. The Hall–Kier alpha value is -1.51. The van der Waals surface area contributed by atoms with E-state index in [1.54, 1.807) is 19.2 Å². The van der Waals surface area contributed by atoms with Crippen LogP contribution in [-0.4, -0.2) is 20.0 Å². The summed E-state index contributed by atoms with van der Waals surface area (Å²) in [5.74, 6) is 0. The summed E-state index contributed by atoms with van der Waals surface area (Å²) < 4.78 is 0.478. The highest BCUT2D eigenvalue weighted by molar-refractivity contribution is 8.01. The monoisotopic (exact) mass is 297 g/mol. The van der Waals surface area contributed by atoms with Crippen molar-refractivity contribution in [3.05, 3.63) is 39.0 Å². The number of rotatable bonds is 4. The van der Waals surface area contributed by atoms with Crippen molar-refractivity contribution in [3.8, 4) is 0 Å². The van der Waals surface area contributed by atoms with Gasteiger partial charge in [0.1, 0.15) is 4.21 Å². The summed E-state index contributed by atoms with van der Waals surface area (Å²) in [6.45, 7) is 3.41. The number of thiophene rings is 1. The minimum atomic E-state index is -0.725. The zero-order valence-electron chi connectivity index (χ0n) is 10.2. The number of nitro groups is 1. The molecule has 0 amide bonds. The third-order valence-corrected chi connectivity index (χ3v) is 4.63. The maximum atomic E-state index is 11.0. The molecule has 0 saturated heterocycles. The molecule has 1 N–H and O–H groups in total. The molecule has 19 heavy (non-hydrogen) atoms. The zero-order chi connectivity index (χ0) is 14.0. The molecule has 100 valence electrons. The summed E-state index contributed by atoms with van der Waals surface area (Å²) in [6, 6.07) is 3.15. The molecule has 1 atom stereocenters. The van der Waals surface area contributed by atoms with Gasteiger partial charge >= 0.3 is 0 Å². The number of hydrogen-bond donors (Lipinski definition) is 1. The van der Waals surface area contributed by atoms with Crippen LogP contribution >= 0.6 is 23.1 Å². The van der Waals surface area contributed by atoms with Crippen LogP contribution in [0.25, 0.3) is 0 Å². The second-order valence-electron chi connectivity index (χ2n) is 3.84. The topological polar surface area (TPSA) is 89.2 Å². The molecule has 2 heterocycles. The Morgan fingerprint density at radius 2 is 2.32 bits per heavy atom. The summed E-state index contributed by atoms with van der Waals surface area (Å²) in [4.78, 5) is 19.3. The number of aliphatic hydroxyl groups is 1. The van der Waals surface area contributed by atoms with Crippen molar-refractivity contribution in [1.82, 2.24) is 9.97 Å². The molecule has 2 aromatic heterocycles. The quantitative estimate of drug-likeness (QED) is 0.530. The third kappa shape index (κ3) is 3.28. The molecule has 0 radical (unpaired) electrons. The number of hydrogen-bond acceptors (Lipinski definition) is 7. The van der Waals surface area contributed by atoms with Gasteiger partial charge in [-0.05, 0) is 31.7 Å². The molecule has 0 aromatic carbocycles. The second kappa shape index (κ2) is 5.64. The Kier molecular flexibility index (Phi) is 4.13. The van der Waals surface area contributed by atoms with Crippen LogP contribution in [0.5, 0.6) is 0 Å². The summed E-state index contributed by atoms with van der Waals surface area (Å²) in [5.41, 5.74) is 0.781. The highest BCUT2D eigenvalue weighted by atomic mass is 32.2. The lowest BCUT2D eigenvalue weighted by Crippen LogP contribution is -1.90. The summed E-state index contributed by atoms with van der Waals surface area (Å²) in [7, 11) is 0. The van der Waals surface area contributed by atoms with Crippen LogP contribution in [0, 0.1) is 17.0 Å². The Bertz CT molecular complexity index is 613. The lowest BCUT2D eigenvalue weighted by atomic mass is 10.3. The molecule has 0 fully saturated rings. The van der Waals surface area contributed by atoms with Gasteiger partial charge in [0, 0.05) is 22.8 Å². The predicted molar refractivity (Wildman–Crippen MR) is 72.5 cm³/mol. The van der Waals surface area contributed by atoms with E-state index < -0.39 is 11.0 Å². The second-order valence-corrected chi connectivity index (χ2v) is 6.16. The van der Waals surface area contributed by atoms with Crippen molar-refractivity contribution >= 4 is 28.8 Å². The van der Waals surface area contributed by atoms with Gasteiger partial charge < -0.3 is 5.11 Å². The van der Waals surface area contributed by atoms with Gasteiger partial charge in [-0.15, -0.1) is 11.3 Å². The SMILES string of the molecule is Cc1ccnc(Sc2sc([C@H](C)O)cc2[N+](=O)[O-])n1. The molecule has 2 rings (SSSR count). The van der Waals surface area contributed by atoms with Crippen LogP contribution in [0.3, 0.4) is 0 Å². The highest BCUT2D eigenvalue weighted by Crippen LogP contribution is 2.41. The van der Waals surface area contributed by atoms with E-state index in [1.807, 2.05) is 6.92 Å². The average Bonchev–Trinajstić information content (AvgIpc) is 2.73. The van der Waals surface area contributed by atoms with Gasteiger partial charge in [-0.2, -0.15) is 0 Å². The lowest BCUT2D eigenvalue weighted by Gasteiger charge is -1.98. The Morgan fingerprint density at radius 1 is 1.58 bits per heavy atom. The van der Waals surface area contributed by atoms with Gasteiger partial charge in [0.05, 0.1) is 11.0 Å². The number of aromatic nitrogens is 2. The van der Waals surface area contributed by atoms with E-state index >= 15 is 0 Å². The molecular formula is C11H11N3O3S2. The first-order chi connectivity index (χ1) is 8.97. The van der Waals surface area contributed by atoms with E-state index in [0.29, 0.717) is 14.2 Å². The molecule has 0 unspecified atom stereocenters. The summed E-state index contributed by atoms with van der Waals surface area (Å²) in [6.07, 6.45) is 0.885. The van der Waals surface area contributed by atoms with Crippen LogP contribution in [0.4, 0.5) is 5.69 Å². The summed E-state index contributed by atoms with van der Waals surface area (Å²) in [5, 5.41) is 21.0. The largest absolute Gasteiger partial charge is 0.388 e. The van der Waals surface area contributed by atoms with Crippen molar-refractivity contribution in [1.29, 1.82) is 0 Å². The first-order valence-electron chi connectivity index (χ1n) is 5.41. The van der Waals surface area contributed by atoms with Crippen molar-refractivity contribution in [2.75, 3.05) is 0 Å². The Morgan fingerprint density at radius 3 is 2.89 bits per heavy atom. The van der Waals surface area contributed by atoms with Crippen molar-refractivity contribution in [2.45, 2.75) is 29.3 Å². The summed E-state index contributed by atoms with van der Waals surface area (Å²) >= 11 is 2.33. The van der Waals surface area contributed by atoms with Crippen molar-refractivity contribution in [3.63, 3.8) is 0 Å². The van der Waals surface area contributed by atoms with Gasteiger partial charge in [-0.1, -0.05) is 0 Å². The Balaban J connectivity index is 2.36. The van der Waals surface area contributed by atoms with E-state index in [-0.39, 0.29) is 5.69 Å². The van der Waals surface area contributed by atoms with Gasteiger partial charge in [-0.25, -0.2) is 9.97 Å². The molecule has 0 bridgehead atoms. The fourth-order valence-electron chi connectivity index (χ4n) is 1.35. The van der Waals surface area contributed by atoms with E-state index in [4.69, 9.17) is 0 Å². The number of nitrogens with zero attached hydrogens (tertiary/aromatic N) is 3. The predicted octanol–water partition coefficient (Wildman–Crippen LogP) is 2.96. The van der Waals surface area contributed by atoms with Gasteiger partial charge in [-0.3, -0.25) is 10.1 Å². The van der Waals surface area contributed by atoms with Crippen LogP contribution in [0.15, 0.2) is 27.7 Å². The van der Waals surface area contributed by atoms with E-state index in [1.165, 1.54) is 17.4 Å². The smallest absolute Gasteiger partial charge is 0.294 e. The molecule has 0 saturated carbocycles. The molecule has 2 aromatic rings. The molecular weight excluding hydrogens is 286 g/mol. The minimum Gasteiger partial charge on any atom is -0.388 e. The molecule has 0 aliphatic rings. The van der Waals surface area contributed by atoms with Gasteiger partial charge in [0.2, 0.25) is 0 Å². The van der Waals surface area contributed by atoms with Crippen LogP contribution in [0.1, 0.15) is 23.6 Å². The molecule has 0 aliphatic carbocycles. The first kappa shape index (κ1) is 13.9. The molecule has 8 heteroatoms. The Labute approximate surface area is 117 Å². The normalized spacial score (nSPS) is 12.4. The molecule has 6 nitrogen and oxygen atoms in total. The average molecular weight is 297 g/mol. The van der Waals surface area contributed by atoms with Crippen LogP contribution in [-0.2, 0) is 0 Å². The maximum absolute atomic E-state index is 11.0. The van der Waals surface area contributed by atoms with Crippen molar-refractivity contribution < 1.29 is 10.0 Å². The maximum Gasteiger partial charge on any atom is 0.294 e. The fraction of sp³-hybridized carbons (Fsp3) is 0.273. The third-order valence-electron chi connectivity index (χ3n) is 2.26. The molecule has 0 aliphatic heterocycles. The minimum absolute atomic E-state index is 0.0176. The van der Waals surface area contributed by atoms with E-state index in [2.05, 4.69) is 9.97 Å². The number of aryl methyl sites for hydroxylation is 1. The van der Waals surface area contributed by atoms with E-state index in [9.17, 15) is 15.2 Å². The van der Waals surface area contributed by atoms with Crippen LogP contribution in [0.2, 0.25) is 0 Å². The number of aliphatic hydroxyl groups excluding tert-OH is 1. The van der Waals surface area contributed by atoms with Crippen LogP contribution < -0.4 is 0 Å². The van der Waals surface area contributed by atoms with Gasteiger partial charge in [0.25, 0.3) is 5.69 Å². The first-order valence-corrected chi connectivity index (χ1v) is 7.04. The van der Waals surface area contributed by atoms with Gasteiger partial charge in [0.15, 0.2) is 5.16 Å². The van der Waals surface area contributed by atoms with E-state index in [0.717, 1.165) is 17.5 Å². The molecule has 0 spiro atoms. The standard InChI is InChI=1S/C11H11N3O3S2/c1-6-3-4-12-11(13-6)19-10-8(14(16)17)5-9(18-10)7(2)15/h3-5,7,15H,1-2H3/t7-/m0/s1.